The monoisotopic (exact) mass is 272 g/mol. The topological polar surface area (TPSA) is 32.3 Å². The van der Waals surface area contributed by atoms with Gasteiger partial charge in [-0.3, -0.25) is 10.1 Å². The molecule has 3 heteroatoms. The molecule has 0 bridgehead atoms. The summed E-state index contributed by atoms with van der Waals surface area (Å²) in [5.41, 5.74) is 1.21. The average Bonchev–Trinajstić information content (AvgIpc) is 3.19. The number of nitrogens with zero attached hydrogens (tertiary/aromatic N) is 1. The van der Waals surface area contributed by atoms with Gasteiger partial charge in [0.15, 0.2) is 0 Å². The van der Waals surface area contributed by atoms with E-state index >= 15 is 0 Å². The van der Waals surface area contributed by atoms with Crippen LogP contribution in [0.5, 0.6) is 0 Å². The van der Waals surface area contributed by atoms with Gasteiger partial charge in [-0.05, 0) is 24.3 Å². The third kappa shape index (κ3) is 2.35. The zero-order chi connectivity index (χ0) is 14.1. The minimum atomic E-state index is 0.00307. The van der Waals surface area contributed by atoms with E-state index in [2.05, 4.69) is 48.3 Å². The third-order valence-electron chi connectivity index (χ3n) is 4.65. The molecule has 0 radical (unpaired) electrons. The number of benzene rings is 1. The van der Waals surface area contributed by atoms with Crippen LogP contribution in [-0.2, 0) is 4.79 Å². The van der Waals surface area contributed by atoms with E-state index in [1.165, 1.54) is 18.4 Å². The first-order valence-electron chi connectivity index (χ1n) is 7.89. The summed E-state index contributed by atoms with van der Waals surface area (Å²) in [5.74, 6) is 1.01. The maximum absolute atomic E-state index is 12.7. The van der Waals surface area contributed by atoms with E-state index < -0.39 is 0 Å². The molecule has 1 N–H and O–H groups in total. The summed E-state index contributed by atoms with van der Waals surface area (Å²) in [6.45, 7) is 4.36. The van der Waals surface area contributed by atoms with Crippen molar-refractivity contribution in [3.8, 4) is 0 Å². The molecular formula is C17H24N2O. The Labute approximate surface area is 121 Å². The number of carbonyl (C=O) groups excluding carboxylic acids is 1. The average molecular weight is 272 g/mol. The summed E-state index contributed by atoms with van der Waals surface area (Å²) < 4.78 is 0. The van der Waals surface area contributed by atoms with Crippen LogP contribution in [0, 0.1) is 5.92 Å². The number of carbonyl (C=O) groups is 1. The molecule has 1 saturated heterocycles. The lowest BCUT2D eigenvalue weighted by molar-refractivity contribution is -0.131. The first-order chi connectivity index (χ1) is 9.76. The van der Waals surface area contributed by atoms with Crippen LogP contribution in [0.25, 0.3) is 0 Å². The van der Waals surface area contributed by atoms with E-state index in [-0.39, 0.29) is 12.2 Å². The first kappa shape index (κ1) is 13.6. The van der Waals surface area contributed by atoms with Crippen LogP contribution in [0.1, 0.15) is 51.3 Å². The predicted octanol–water partition coefficient (Wildman–Crippen LogP) is 3.08. The van der Waals surface area contributed by atoms with Crippen molar-refractivity contribution in [3.05, 3.63) is 35.9 Å². The normalized spacial score (nSPS) is 32.7. The lowest BCUT2D eigenvalue weighted by Crippen LogP contribution is -2.34. The smallest absolute Gasteiger partial charge is 0.241 e. The molecule has 1 aromatic rings. The van der Waals surface area contributed by atoms with Crippen molar-refractivity contribution in [1.82, 2.24) is 10.2 Å². The predicted molar refractivity (Wildman–Crippen MR) is 80.0 cm³/mol. The summed E-state index contributed by atoms with van der Waals surface area (Å²) in [4.78, 5) is 14.8. The van der Waals surface area contributed by atoms with E-state index in [9.17, 15) is 4.79 Å². The fraction of sp³-hybridized carbons (Fsp3) is 0.588. The molecule has 2 fully saturated rings. The van der Waals surface area contributed by atoms with Crippen molar-refractivity contribution in [1.29, 1.82) is 0 Å². The Balaban J connectivity index is 1.84. The Kier molecular flexibility index (Phi) is 3.79. The van der Waals surface area contributed by atoms with E-state index in [1.807, 2.05) is 6.07 Å². The summed E-state index contributed by atoms with van der Waals surface area (Å²) in [7, 11) is 0. The molecule has 108 valence electrons. The molecule has 1 aliphatic carbocycles. The van der Waals surface area contributed by atoms with Crippen molar-refractivity contribution in [2.75, 3.05) is 0 Å². The minimum absolute atomic E-state index is 0.00307. The lowest BCUT2D eigenvalue weighted by atomic mass is 10.1. The molecule has 0 spiro atoms. The number of hydrogen-bond acceptors (Lipinski definition) is 2. The Morgan fingerprint density at radius 2 is 2.00 bits per heavy atom. The standard InChI is InChI=1S/C17H24N2O/c1-3-8-14-17(20)19(15-11-12(15)4-2)16(18-14)13-9-6-5-7-10-13/h5-7,9-10,12,14-16,18H,3-4,8,11H2,1-2H3. The van der Waals surface area contributed by atoms with Gasteiger partial charge in [0.25, 0.3) is 0 Å². The molecule has 1 saturated carbocycles. The number of hydrogen-bond donors (Lipinski definition) is 1. The largest absolute Gasteiger partial charge is 0.318 e. The molecule has 4 unspecified atom stereocenters. The van der Waals surface area contributed by atoms with E-state index in [1.54, 1.807) is 0 Å². The molecule has 1 aliphatic heterocycles. The van der Waals surface area contributed by atoms with E-state index in [0.29, 0.717) is 17.9 Å². The van der Waals surface area contributed by atoms with Crippen molar-refractivity contribution >= 4 is 5.91 Å². The van der Waals surface area contributed by atoms with Crippen molar-refractivity contribution in [2.24, 2.45) is 5.92 Å². The summed E-state index contributed by atoms with van der Waals surface area (Å²) in [6.07, 6.45) is 4.39. The third-order valence-corrected chi connectivity index (χ3v) is 4.65. The summed E-state index contributed by atoms with van der Waals surface area (Å²) >= 11 is 0. The quantitative estimate of drug-likeness (QED) is 0.893. The van der Waals surface area contributed by atoms with Gasteiger partial charge in [0.05, 0.1) is 6.04 Å². The second kappa shape index (κ2) is 5.57. The highest BCUT2D eigenvalue weighted by atomic mass is 16.2. The SMILES string of the molecule is CCCC1NC(c2ccccc2)N(C2CC2CC)C1=O. The van der Waals surface area contributed by atoms with Crippen LogP contribution >= 0.6 is 0 Å². The summed E-state index contributed by atoms with van der Waals surface area (Å²) in [5, 5.41) is 3.55. The summed E-state index contributed by atoms with van der Waals surface area (Å²) in [6, 6.07) is 10.8. The molecule has 3 rings (SSSR count). The van der Waals surface area contributed by atoms with Crippen molar-refractivity contribution in [2.45, 2.75) is 57.8 Å². The number of amides is 1. The maximum atomic E-state index is 12.7. The maximum Gasteiger partial charge on any atom is 0.241 e. The minimum Gasteiger partial charge on any atom is -0.318 e. The molecule has 3 nitrogen and oxygen atoms in total. The van der Waals surface area contributed by atoms with E-state index in [4.69, 9.17) is 0 Å². The van der Waals surface area contributed by atoms with Gasteiger partial charge < -0.3 is 4.90 Å². The fourth-order valence-electron chi connectivity index (χ4n) is 3.40. The van der Waals surface area contributed by atoms with Gasteiger partial charge in [0.1, 0.15) is 6.17 Å². The molecule has 20 heavy (non-hydrogen) atoms. The van der Waals surface area contributed by atoms with Crippen molar-refractivity contribution in [3.63, 3.8) is 0 Å². The van der Waals surface area contributed by atoms with Crippen LogP contribution in [0.15, 0.2) is 30.3 Å². The Bertz CT molecular complexity index is 473. The van der Waals surface area contributed by atoms with Gasteiger partial charge in [-0.2, -0.15) is 0 Å². The highest BCUT2D eigenvalue weighted by molar-refractivity contribution is 5.85. The zero-order valence-electron chi connectivity index (χ0n) is 12.4. The Hall–Kier alpha value is -1.35. The Morgan fingerprint density at radius 3 is 2.60 bits per heavy atom. The highest BCUT2D eigenvalue weighted by Crippen LogP contribution is 2.44. The molecule has 1 amide bonds. The van der Waals surface area contributed by atoms with Gasteiger partial charge >= 0.3 is 0 Å². The van der Waals surface area contributed by atoms with Crippen LogP contribution < -0.4 is 5.32 Å². The van der Waals surface area contributed by atoms with Gasteiger partial charge in [-0.25, -0.2) is 0 Å². The second-order valence-electron chi connectivity index (χ2n) is 6.04. The van der Waals surface area contributed by atoms with Crippen LogP contribution in [0.4, 0.5) is 0 Å². The first-order valence-corrected chi connectivity index (χ1v) is 7.89. The molecule has 4 atom stereocenters. The van der Waals surface area contributed by atoms with Gasteiger partial charge in [0.2, 0.25) is 5.91 Å². The van der Waals surface area contributed by atoms with Gasteiger partial charge in [0, 0.05) is 6.04 Å². The van der Waals surface area contributed by atoms with Crippen LogP contribution in [-0.4, -0.2) is 22.9 Å². The molecule has 1 aromatic carbocycles. The number of rotatable bonds is 5. The number of nitrogens with one attached hydrogen (secondary N) is 1. The van der Waals surface area contributed by atoms with Crippen LogP contribution in [0.2, 0.25) is 0 Å². The molecular weight excluding hydrogens is 248 g/mol. The van der Waals surface area contributed by atoms with Gasteiger partial charge in [-0.15, -0.1) is 0 Å². The van der Waals surface area contributed by atoms with Crippen molar-refractivity contribution < 1.29 is 4.79 Å². The zero-order valence-corrected chi connectivity index (χ0v) is 12.4. The van der Waals surface area contributed by atoms with Gasteiger partial charge in [-0.1, -0.05) is 57.0 Å². The van der Waals surface area contributed by atoms with Crippen LogP contribution in [0.3, 0.4) is 0 Å². The Morgan fingerprint density at radius 1 is 1.25 bits per heavy atom. The van der Waals surface area contributed by atoms with E-state index in [0.717, 1.165) is 12.8 Å². The second-order valence-corrected chi connectivity index (χ2v) is 6.04. The fourth-order valence-corrected chi connectivity index (χ4v) is 3.40. The molecule has 2 aliphatic rings. The molecule has 0 aromatic heterocycles. The lowest BCUT2D eigenvalue weighted by Gasteiger charge is -2.25. The highest BCUT2D eigenvalue weighted by Gasteiger charge is 2.50. The molecule has 1 heterocycles.